The minimum atomic E-state index is 0.0427. The van der Waals surface area contributed by atoms with Crippen LogP contribution >= 0.6 is 15.9 Å². The molecule has 2 unspecified atom stereocenters. The summed E-state index contributed by atoms with van der Waals surface area (Å²) in [5.74, 6) is 6.07. The molecule has 2 aromatic heterocycles. The number of hydrazine groups is 1. The Morgan fingerprint density at radius 3 is 3.11 bits per heavy atom. The molecule has 2 heterocycles. The molecule has 1 aliphatic carbocycles. The second-order valence-corrected chi connectivity index (χ2v) is 5.69. The Kier molecular flexibility index (Phi) is 3.59. The highest BCUT2D eigenvalue weighted by Crippen LogP contribution is 2.40. The van der Waals surface area contributed by atoms with E-state index >= 15 is 0 Å². The highest BCUT2D eigenvalue weighted by molar-refractivity contribution is 9.10. The van der Waals surface area contributed by atoms with Crippen LogP contribution in [0.3, 0.4) is 0 Å². The normalized spacial score (nSPS) is 19.2. The predicted octanol–water partition coefficient (Wildman–Crippen LogP) is 2.47. The van der Waals surface area contributed by atoms with Crippen LogP contribution < -0.4 is 11.3 Å². The molecule has 19 heavy (non-hydrogen) atoms. The summed E-state index contributed by atoms with van der Waals surface area (Å²) in [6.07, 6.45) is 7.61. The van der Waals surface area contributed by atoms with Crippen LogP contribution in [0, 0.1) is 0 Å². The number of hydrogen-bond acceptors (Lipinski definition) is 4. The summed E-state index contributed by atoms with van der Waals surface area (Å²) in [4.78, 5) is 8.75. The standard InChI is InChI=1S/C14H15BrN4/c15-11-6-10(7-17-8-11)14(19-16)12-4-3-9-2-1-5-18-13(9)12/h1-2,5-8,12,14,19H,3-4,16H2. The van der Waals surface area contributed by atoms with E-state index in [4.69, 9.17) is 5.84 Å². The molecule has 3 rings (SSSR count). The van der Waals surface area contributed by atoms with E-state index in [-0.39, 0.29) is 6.04 Å². The van der Waals surface area contributed by atoms with Gasteiger partial charge < -0.3 is 0 Å². The molecule has 98 valence electrons. The van der Waals surface area contributed by atoms with Gasteiger partial charge in [-0.15, -0.1) is 0 Å². The molecule has 0 aromatic carbocycles. The van der Waals surface area contributed by atoms with Crippen LogP contribution in [0.15, 0.2) is 41.3 Å². The highest BCUT2D eigenvalue weighted by atomic mass is 79.9. The Morgan fingerprint density at radius 2 is 2.32 bits per heavy atom. The lowest BCUT2D eigenvalue weighted by atomic mass is 9.92. The van der Waals surface area contributed by atoms with Gasteiger partial charge in [0.2, 0.25) is 0 Å². The van der Waals surface area contributed by atoms with Crippen molar-refractivity contribution in [1.82, 2.24) is 15.4 Å². The lowest BCUT2D eigenvalue weighted by Gasteiger charge is -2.23. The van der Waals surface area contributed by atoms with E-state index in [1.54, 1.807) is 6.20 Å². The van der Waals surface area contributed by atoms with E-state index in [9.17, 15) is 0 Å². The fraction of sp³-hybridized carbons (Fsp3) is 0.286. The molecule has 0 aliphatic heterocycles. The monoisotopic (exact) mass is 318 g/mol. The number of halogens is 1. The van der Waals surface area contributed by atoms with Crippen molar-refractivity contribution in [2.75, 3.05) is 0 Å². The summed E-state index contributed by atoms with van der Waals surface area (Å²) in [6.45, 7) is 0. The first-order valence-electron chi connectivity index (χ1n) is 6.30. The Balaban J connectivity index is 1.96. The summed E-state index contributed by atoms with van der Waals surface area (Å²) in [5.41, 5.74) is 6.50. The van der Waals surface area contributed by atoms with Gasteiger partial charge in [-0.05, 0) is 52.0 Å². The maximum atomic E-state index is 5.77. The average Bonchev–Trinajstić information content (AvgIpc) is 2.84. The van der Waals surface area contributed by atoms with Crippen LogP contribution in [0.4, 0.5) is 0 Å². The van der Waals surface area contributed by atoms with E-state index in [2.05, 4.69) is 43.5 Å². The third-order valence-corrected chi connectivity index (χ3v) is 4.10. The molecule has 0 bridgehead atoms. The van der Waals surface area contributed by atoms with Crippen LogP contribution in [0.2, 0.25) is 0 Å². The van der Waals surface area contributed by atoms with Crippen molar-refractivity contribution in [3.63, 3.8) is 0 Å². The van der Waals surface area contributed by atoms with Crippen LogP contribution in [0.5, 0.6) is 0 Å². The molecule has 0 saturated carbocycles. The summed E-state index contributed by atoms with van der Waals surface area (Å²) < 4.78 is 0.962. The van der Waals surface area contributed by atoms with E-state index in [0.717, 1.165) is 28.6 Å². The number of pyridine rings is 2. The number of hydrogen-bond donors (Lipinski definition) is 2. The zero-order valence-corrected chi connectivity index (χ0v) is 12.0. The molecular weight excluding hydrogens is 304 g/mol. The van der Waals surface area contributed by atoms with Crippen molar-refractivity contribution in [2.45, 2.75) is 24.8 Å². The largest absolute Gasteiger partial charge is 0.271 e. The number of aromatic nitrogens is 2. The first-order chi connectivity index (χ1) is 9.29. The smallest absolute Gasteiger partial charge is 0.0559 e. The quantitative estimate of drug-likeness (QED) is 0.674. The average molecular weight is 319 g/mol. The van der Waals surface area contributed by atoms with Crippen molar-refractivity contribution in [3.05, 3.63) is 58.1 Å². The summed E-state index contributed by atoms with van der Waals surface area (Å²) in [6, 6.07) is 6.24. The predicted molar refractivity (Wildman–Crippen MR) is 77.3 cm³/mol. The van der Waals surface area contributed by atoms with Gasteiger partial charge in [0.1, 0.15) is 0 Å². The van der Waals surface area contributed by atoms with Crippen molar-refractivity contribution in [1.29, 1.82) is 0 Å². The van der Waals surface area contributed by atoms with Crippen LogP contribution in [-0.2, 0) is 6.42 Å². The first-order valence-corrected chi connectivity index (χ1v) is 7.09. The van der Waals surface area contributed by atoms with Gasteiger partial charge in [-0.1, -0.05) is 6.07 Å². The maximum Gasteiger partial charge on any atom is 0.0559 e. The Morgan fingerprint density at radius 1 is 1.42 bits per heavy atom. The third-order valence-electron chi connectivity index (χ3n) is 3.67. The fourth-order valence-electron chi connectivity index (χ4n) is 2.81. The second-order valence-electron chi connectivity index (χ2n) is 4.77. The molecule has 4 nitrogen and oxygen atoms in total. The maximum absolute atomic E-state index is 5.77. The minimum absolute atomic E-state index is 0.0427. The van der Waals surface area contributed by atoms with Gasteiger partial charge in [0, 0.05) is 34.7 Å². The molecule has 2 aromatic rings. The van der Waals surface area contributed by atoms with E-state index in [1.807, 2.05) is 18.5 Å². The summed E-state index contributed by atoms with van der Waals surface area (Å²) in [7, 11) is 0. The molecular formula is C14H15BrN4. The van der Waals surface area contributed by atoms with Crippen LogP contribution in [-0.4, -0.2) is 9.97 Å². The summed E-state index contributed by atoms with van der Waals surface area (Å²) in [5, 5.41) is 0. The van der Waals surface area contributed by atoms with Crippen molar-refractivity contribution in [2.24, 2.45) is 5.84 Å². The molecule has 0 fully saturated rings. The van der Waals surface area contributed by atoms with Gasteiger partial charge in [0.05, 0.1) is 6.04 Å². The van der Waals surface area contributed by atoms with Crippen molar-refractivity contribution >= 4 is 15.9 Å². The number of aryl methyl sites for hydroxylation is 1. The van der Waals surface area contributed by atoms with E-state index in [0.29, 0.717) is 5.92 Å². The molecule has 0 radical (unpaired) electrons. The third kappa shape index (κ3) is 2.41. The second kappa shape index (κ2) is 5.36. The van der Waals surface area contributed by atoms with Gasteiger partial charge in [-0.3, -0.25) is 21.2 Å². The Hall–Kier alpha value is -1.30. The number of nitrogens with two attached hydrogens (primary N) is 1. The molecule has 0 saturated heterocycles. The lowest BCUT2D eigenvalue weighted by molar-refractivity contribution is 0.446. The van der Waals surface area contributed by atoms with E-state index in [1.165, 1.54) is 5.56 Å². The highest BCUT2D eigenvalue weighted by Gasteiger charge is 2.31. The first kappa shape index (κ1) is 12.7. The Labute approximate surface area is 120 Å². The Bertz CT molecular complexity index is 587. The number of fused-ring (bicyclic) bond motifs is 1. The van der Waals surface area contributed by atoms with Gasteiger partial charge in [0.15, 0.2) is 0 Å². The molecule has 0 spiro atoms. The number of nitrogens with one attached hydrogen (secondary N) is 1. The lowest BCUT2D eigenvalue weighted by Crippen LogP contribution is -2.32. The topological polar surface area (TPSA) is 63.8 Å². The van der Waals surface area contributed by atoms with Gasteiger partial charge in [0.25, 0.3) is 0 Å². The van der Waals surface area contributed by atoms with Gasteiger partial charge in [-0.2, -0.15) is 0 Å². The molecule has 2 atom stereocenters. The van der Waals surface area contributed by atoms with Crippen LogP contribution in [0.1, 0.15) is 35.2 Å². The molecule has 5 heteroatoms. The molecule has 1 aliphatic rings. The fourth-order valence-corrected chi connectivity index (χ4v) is 3.19. The van der Waals surface area contributed by atoms with Crippen molar-refractivity contribution in [3.8, 4) is 0 Å². The van der Waals surface area contributed by atoms with Crippen LogP contribution in [0.25, 0.3) is 0 Å². The zero-order valence-electron chi connectivity index (χ0n) is 10.4. The SMILES string of the molecule is NNC(c1cncc(Br)c1)C1CCc2cccnc21. The van der Waals surface area contributed by atoms with E-state index < -0.39 is 0 Å². The minimum Gasteiger partial charge on any atom is -0.271 e. The summed E-state index contributed by atoms with van der Waals surface area (Å²) >= 11 is 3.45. The zero-order chi connectivity index (χ0) is 13.2. The van der Waals surface area contributed by atoms with Gasteiger partial charge in [-0.25, -0.2) is 0 Å². The molecule has 0 amide bonds. The number of nitrogens with zero attached hydrogens (tertiary/aromatic N) is 2. The molecule has 3 N–H and O–H groups in total. The number of rotatable bonds is 3. The van der Waals surface area contributed by atoms with Crippen molar-refractivity contribution < 1.29 is 0 Å². The van der Waals surface area contributed by atoms with Gasteiger partial charge >= 0.3 is 0 Å².